The summed E-state index contributed by atoms with van der Waals surface area (Å²) in [6.45, 7) is 5.19. The second-order valence-electron chi connectivity index (χ2n) is 5.95. The fraction of sp³-hybridized carbons (Fsp3) is 0.389. The summed E-state index contributed by atoms with van der Waals surface area (Å²) in [6, 6.07) is 8.86. The van der Waals surface area contributed by atoms with Gasteiger partial charge in [0.05, 0.1) is 13.2 Å². The number of rotatable bonds is 6. The number of hydrogen-bond donors (Lipinski definition) is 2. The van der Waals surface area contributed by atoms with Crippen LogP contribution in [0.25, 0.3) is 11.4 Å². The van der Waals surface area contributed by atoms with Crippen LogP contribution in [0.3, 0.4) is 0 Å². The molecule has 1 amide bonds. The number of nitrogen functional groups attached to an aromatic ring is 1. The third-order valence-electron chi connectivity index (χ3n) is 4.12. The topological polar surface area (TPSA) is 93.4 Å². The molecule has 1 aromatic heterocycles. The van der Waals surface area contributed by atoms with E-state index in [0.29, 0.717) is 23.8 Å². The number of aromatic nitrogens is 2. The van der Waals surface area contributed by atoms with Crippen LogP contribution in [0.2, 0.25) is 0 Å². The molecule has 3 N–H and O–H groups in total. The first-order chi connectivity index (χ1) is 12.2. The van der Waals surface area contributed by atoms with Crippen molar-refractivity contribution >= 4 is 11.7 Å². The van der Waals surface area contributed by atoms with E-state index in [9.17, 15) is 4.79 Å². The summed E-state index contributed by atoms with van der Waals surface area (Å²) in [4.78, 5) is 22.9. The average molecular weight is 341 g/mol. The summed E-state index contributed by atoms with van der Waals surface area (Å²) >= 11 is 0. The Morgan fingerprint density at radius 3 is 2.68 bits per heavy atom. The van der Waals surface area contributed by atoms with E-state index in [1.807, 2.05) is 12.1 Å². The van der Waals surface area contributed by atoms with Crippen LogP contribution in [0.15, 0.2) is 36.5 Å². The number of carbonyl (C=O) groups is 1. The van der Waals surface area contributed by atoms with Crippen LogP contribution < -0.4 is 11.1 Å². The van der Waals surface area contributed by atoms with Gasteiger partial charge in [-0.05, 0) is 31.2 Å². The van der Waals surface area contributed by atoms with Gasteiger partial charge in [-0.25, -0.2) is 9.97 Å². The maximum Gasteiger partial charge on any atom is 0.251 e. The minimum Gasteiger partial charge on any atom is -0.384 e. The number of carbonyl (C=O) groups excluding carboxylic acids is 1. The van der Waals surface area contributed by atoms with E-state index in [2.05, 4.69) is 20.2 Å². The number of nitrogens with two attached hydrogens (primary N) is 1. The zero-order valence-corrected chi connectivity index (χ0v) is 14.1. The van der Waals surface area contributed by atoms with Crippen molar-refractivity contribution < 1.29 is 9.53 Å². The number of morpholine rings is 1. The van der Waals surface area contributed by atoms with Gasteiger partial charge in [0.1, 0.15) is 5.82 Å². The molecule has 132 valence electrons. The van der Waals surface area contributed by atoms with Gasteiger partial charge in [0.2, 0.25) is 0 Å². The van der Waals surface area contributed by atoms with E-state index < -0.39 is 0 Å². The fourth-order valence-electron chi connectivity index (χ4n) is 2.71. The van der Waals surface area contributed by atoms with Gasteiger partial charge in [-0.3, -0.25) is 9.69 Å². The smallest absolute Gasteiger partial charge is 0.251 e. The van der Waals surface area contributed by atoms with E-state index in [0.717, 1.165) is 44.8 Å². The highest BCUT2D eigenvalue weighted by Crippen LogP contribution is 2.16. The average Bonchev–Trinajstić information content (AvgIpc) is 2.66. The molecule has 0 bridgehead atoms. The quantitative estimate of drug-likeness (QED) is 0.766. The summed E-state index contributed by atoms with van der Waals surface area (Å²) in [7, 11) is 0. The standard InChI is InChI=1S/C18H23N5O2/c19-16-6-8-20-17(22-16)14-2-4-15(5-3-14)18(24)21-7-1-9-23-10-12-25-13-11-23/h2-6,8H,1,7,9-13H2,(H,21,24)(H2,19,20,22). The molecule has 0 spiro atoms. The fourth-order valence-corrected chi connectivity index (χ4v) is 2.71. The normalized spacial score (nSPS) is 15.0. The maximum absolute atomic E-state index is 12.2. The molecule has 2 heterocycles. The van der Waals surface area contributed by atoms with Crippen molar-refractivity contribution in [3.63, 3.8) is 0 Å². The zero-order chi connectivity index (χ0) is 17.5. The number of nitrogens with one attached hydrogen (secondary N) is 1. The molecule has 2 aromatic rings. The molecule has 7 heteroatoms. The molecule has 1 aromatic carbocycles. The summed E-state index contributed by atoms with van der Waals surface area (Å²) in [5.41, 5.74) is 7.12. The molecule has 0 atom stereocenters. The lowest BCUT2D eigenvalue weighted by molar-refractivity contribution is 0.0374. The van der Waals surface area contributed by atoms with Crippen LogP contribution in [0.1, 0.15) is 16.8 Å². The van der Waals surface area contributed by atoms with Crippen LogP contribution in [0.4, 0.5) is 5.82 Å². The second kappa shape index (κ2) is 8.55. The molecule has 7 nitrogen and oxygen atoms in total. The van der Waals surface area contributed by atoms with Gasteiger partial charge >= 0.3 is 0 Å². The number of anilines is 1. The van der Waals surface area contributed by atoms with Crippen molar-refractivity contribution in [2.45, 2.75) is 6.42 Å². The second-order valence-corrected chi connectivity index (χ2v) is 5.95. The molecule has 1 saturated heterocycles. The first-order valence-corrected chi connectivity index (χ1v) is 8.49. The molecule has 0 unspecified atom stereocenters. The van der Waals surface area contributed by atoms with Crippen molar-refractivity contribution in [1.82, 2.24) is 20.2 Å². The Hall–Kier alpha value is -2.51. The molecule has 1 aliphatic rings. The van der Waals surface area contributed by atoms with Crippen molar-refractivity contribution in [2.24, 2.45) is 0 Å². The number of hydrogen-bond acceptors (Lipinski definition) is 6. The Morgan fingerprint density at radius 2 is 1.96 bits per heavy atom. The van der Waals surface area contributed by atoms with Gasteiger partial charge in [0.15, 0.2) is 5.82 Å². The van der Waals surface area contributed by atoms with E-state index in [1.54, 1.807) is 24.4 Å². The summed E-state index contributed by atoms with van der Waals surface area (Å²) in [5.74, 6) is 0.909. The Balaban J connectivity index is 1.47. The van der Waals surface area contributed by atoms with Gasteiger partial charge in [-0.15, -0.1) is 0 Å². The van der Waals surface area contributed by atoms with Crippen LogP contribution in [-0.4, -0.2) is 60.2 Å². The highest BCUT2D eigenvalue weighted by molar-refractivity contribution is 5.94. The minimum absolute atomic E-state index is 0.0676. The molecule has 0 saturated carbocycles. The molecular formula is C18H23N5O2. The Bertz CT molecular complexity index is 699. The Labute approximate surface area is 147 Å². The van der Waals surface area contributed by atoms with Crippen molar-refractivity contribution in [3.05, 3.63) is 42.1 Å². The molecule has 25 heavy (non-hydrogen) atoms. The number of nitrogens with zero attached hydrogens (tertiary/aromatic N) is 3. The van der Waals surface area contributed by atoms with Crippen LogP contribution >= 0.6 is 0 Å². The Morgan fingerprint density at radius 1 is 1.20 bits per heavy atom. The van der Waals surface area contributed by atoms with Crippen molar-refractivity contribution in [2.75, 3.05) is 45.1 Å². The predicted octanol–water partition coefficient (Wildman–Crippen LogP) is 1.18. The van der Waals surface area contributed by atoms with Gasteiger partial charge in [-0.2, -0.15) is 0 Å². The molecular weight excluding hydrogens is 318 g/mol. The monoisotopic (exact) mass is 341 g/mol. The number of amides is 1. The van der Waals surface area contributed by atoms with Crippen LogP contribution in [0, 0.1) is 0 Å². The van der Waals surface area contributed by atoms with Crippen molar-refractivity contribution in [1.29, 1.82) is 0 Å². The first-order valence-electron chi connectivity index (χ1n) is 8.49. The highest BCUT2D eigenvalue weighted by atomic mass is 16.5. The Kier molecular flexibility index (Phi) is 5.92. The van der Waals surface area contributed by atoms with E-state index in [4.69, 9.17) is 10.5 Å². The van der Waals surface area contributed by atoms with Crippen LogP contribution in [-0.2, 0) is 4.74 Å². The van der Waals surface area contributed by atoms with Gasteiger partial charge in [0, 0.05) is 37.0 Å². The van der Waals surface area contributed by atoms with Gasteiger partial charge in [0.25, 0.3) is 5.91 Å². The van der Waals surface area contributed by atoms with E-state index in [-0.39, 0.29) is 5.91 Å². The SMILES string of the molecule is Nc1ccnc(-c2ccc(C(=O)NCCCN3CCOCC3)cc2)n1. The molecule has 0 radical (unpaired) electrons. The molecule has 1 aliphatic heterocycles. The predicted molar refractivity (Wildman–Crippen MR) is 96.1 cm³/mol. The lowest BCUT2D eigenvalue weighted by Crippen LogP contribution is -2.38. The number of ether oxygens (including phenoxy) is 1. The minimum atomic E-state index is -0.0676. The van der Waals surface area contributed by atoms with E-state index >= 15 is 0 Å². The molecule has 1 fully saturated rings. The largest absolute Gasteiger partial charge is 0.384 e. The van der Waals surface area contributed by atoms with Crippen molar-refractivity contribution in [3.8, 4) is 11.4 Å². The lowest BCUT2D eigenvalue weighted by Gasteiger charge is -2.26. The lowest BCUT2D eigenvalue weighted by atomic mass is 10.1. The number of benzene rings is 1. The highest BCUT2D eigenvalue weighted by Gasteiger charge is 2.10. The van der Waals surface area contributed by atoms with E-state index in [1.165, 1.54) is 0 Å². The zero-order valence-electron chi connectivity index (χ0n) is 14.1. The third-order valence-corrected chi connectivity index (χ3v) is 4.12. The first kappa shape index (κ1) is 17.3. The maximum atomic E-state index is 12.2. The van der Waals surface area contributed by atoms with Gasteiger partial charge in [-0.1, -0.05) is 12.1 Å². The summed E-state index contributed by atoms with van der Waals surface area (Å²) < 4.78 is 5.32. The molecule has 3 rings (SSSR count). The van der Waals surface area contributed by atoms with Gasteiger partial charge < -0.3 is 15.8 Å². The summed E-state index contributed by atoms with van der Waals surface area (Å²) in [5, 5.41) is 2.96. The summed E-state index contributed by atoms with van der Waals surface area (Å²) in [6.07, 6.45) is 2.55. The molecule has 0 aliphatic carbocycles. The van der Waals surface area contributed by atoms with Crippen LogP contribution in [0.5, 0.6) is 0 Å². The third kappa shape index (κ3) is 4.98.